The van der Waals surface area contributed by atoms with Crippen LogP contribution in [0.2, 0.25) is 0 Å². The number of nitrogens with zero attached hydrogens (tertiary/aromatic N) is 1. The van der Waals surface area contributed by atoms with Gasteiger partial charge < -0.3 is 10.0 Å². The first-order valence-corrected chi connectivity index (χ1v) is 5.28. The molecule has 2 fully saturated rings. The monoisotopic (exact) mass is 195 g/mol. The third-order valence-corrected chi connectivity index (χ3v) is 3.44. The summed E-state index contributed by atoms with van der Waals surface area (Å²) in [7, 11) is 0. The highest BCUT2D eigenvalue weighted by Crippen LogP contribution is 2.43. The van der Waals surface area contributed by atoms with Crippen LogP contribution in [0.3, 0.4) is 0 Å². The van der Waals surface area contributed by atoms with E-state index in [4.69, 9.17) is 0 Å². The number of amides is 1. The van der Waals surface area contributed by atoms with Gasteiger partial charge in [-0.25, -0.2) is 0 Å². The molecule has 0 radical (unpaired) electrons. The first kappa shape index (κ1) is 9.71. The molecule has 1 N–H and O–H groups in total. The Kier molecular flexibility index (Phi) is 2.59. The fourth-order valence-corrected chi connectivity index (χ4v) is 2.46. The summed E-state index contributed by atoms with van der Waals surface area (Å²) in [6.45, 7) is 5.23. The first-order chi connectivity index (χ1) is 6.76. The maximum absolute atomic E-state index is 11.4. The number of rotatable bonds is 3. The van der Waals surface area contributed by atoms with Crippen molar-refractivity contribution in [3.63, 3.8) is 0 Å². The molecule has 0 spiro atoms. The minimum absolute atomic E-state index is 0.00611. The largest absolute Gasteiger partial charge is 0.396 e. The van der Waals surface area contributed by atoms with Crippen molar-refractivity contribution < 1.29 is 9.90 Å². The number of hydrogen-bond donors (Lipinski definition) is 1. The van der Waals surface area contributed by atoms with E-state index in [9.17, 15) is 9.90 Å². The average molecular weight is 195 g/mol. The maximum atomic E-state index is 11.4. The molecule has 2 rings (SSSR count). The van der Waals surface area contributed by atoms with Gasteiger partial charge in [0, 0.05) is 25.6 Å². The van der Waals surface area contributed by atoms with Crippen LogP contribution in [0, 0.1) is 17.8 Å². The molecule has 1 heterocycles. The fraction of sp³-hybridized carbons (Fsp3) is 0.727. The molecule has 1 saturated carbocycles. The lowest BCUT2D eigenvalue weighted by Crippen LogP contribution is -2.27. The van der Waals surface area contributed by atoms with Gasteiger partial charge >= 0.3 is 0 Å². The van der Waals surface area contributed by atoms with Gasteiger partial charge in [-0.15, -0.1) is 0 Å². The normalized spacial score (nSPS) is 31.9. The molecular weight excluding hydrogens is 178 g/mol. The first-order valence-electron chi connectivity index (χ1n) is 5.28. The van der Waals surface area contributed by atoms with E-state index in [-0.39, 0.29) is 12.5 Å². The Labute approximate surface area is 84.4 Å². The number of hydrogen-bond acceptors (Lipinski definition) is 2. The molecule has 0 unspecified atom stereocenters. The molecule has 0 aromatic heterocycles. The molecule has 3 nitrogen and oxygen atoms in total. The molecule has 3 heteroatoms. The molecule has 1 amide bonds. The van der Waals surface area contributed by atoms with E-state index in [1.54, 1.807) is 0 Å². The van der Waals surface area contributed by atoms with Gasteiger partial charge in [-0.05, 0) is 30.8 Å². The second-order valence-corrected chi connectivity index (χ2v) is 4.39. The zero-order valence-corrected chi connectivity index (χ0v) is 8.35. The minimum atomic E-state index is 0.00611. The highest BCUT2D eigenvalue weighted by molar-refractivity contribution is 5.87. The Morgan fingerprint density at radius 2 is 2.21 bits per heavy atom. The van der Waals surface area contributed by atoms with Crippen molar-refractivity contribution in [2.45, 2.75) is 12.8 Å². The second-order valence-electron chi connectivity index (χ2n) is 4.39. The highest BCUT2D eigenvalue weighted by atomic mass is 16.3. The number of aliphatic hydroxyl groups excluding tert-OH is 1. The van der Waals surface area contributed by atoms with Crippen LogP contribution < -0.4 is 0 Å². The van der Waals surface area contributed by atoms with Crippen LogP contribution in [-0.4, -0.2) is 35.6 Å². The summed E-state index contributed by atoms with van der Waals surface area (Å²) < 4.78 is 0. The van der Waals surface area contributed by atoms with Crippen molar-refractivity contribution in [3.8, 4) is 0 Å². The van der Waals surface area contributed by atoms with Crippen molar-refractivity contribution in [2.75, 3.05) is 19.7 Å². The molecule has 1 saturated heterocycles. The quantitative estimate of drug-likeness (QED) is 0.672. The Bertz CT molecular complexity index is 248. The minimum Gasteiger partial charge on any atom is -0.396 e. The molecule has 14 heavy (non-hydrogen) atoms. The van der Waals surface area contributed by atoms with Crippen LogP contribution in [-0.2, 0) is 4.79 Å². The van der Waals surface area contributed by atoms with Crippen molar-refractivity contribution in [2.24, 2.45) is 17.8 Å². The number of carbonyl (C=O) groups is 1. The molecule has 1 aliphatic heterocycles. The molecule has 0 aromatic rings. The Morgan fingerprint density at radius 1 is 1.50 bits per heavy atom. The highest BCUT2D eigenvalue weighted by Gasteiger charge is 2.42. The van der Waals surface area contributed by atoms with E-state index in [0.717, 1.165) is 12.5 Å². The molecular formula is C11H17NO2. The SMILES string of the molecule is C=CC(=O)N1C[C@@H](CO)[C@H](C2CC2)C1. The molecule has 1 aliphatic carbocycles. The van der Waals surface area contributed by atoms with E-state index < -0.39 is 0 Å². The Balaban J connectivity index is 1.99. The number of likely N-dealkylation sites (tertiary alicyclic amines) is 1. The van der Waals surface area contributed by atoms with Gasteiger partial charge in [0.15, 0.2) is 0 Å². The molecule has 0 aromatic carbocycles. The number of aliphatic hydroxyl groups is 1. The molecule has 78 valence electrons. The van der Waals surface area contributed by atoms with Crippen molar-refractivity contribution >= 4 is 5.91 Å². The van der Waals surface area contributed by atoms with Crippen LogP contribution in [0.1, 0.15) is 12.8 Å². The molecule has 2 atom stereocenters. The lowest BCUT2D eigenvalue weighted by molar-refractivity contribution is -0.125. The van der Waals surface area contributed by atoms with Crippen molar-refractivity contribution in [1.82, 2.24) is 4.90 Å². The molecule has 2 aliphatic rings. The standard InChI is InChI=1S/C11H17NO2/c1-2-11(14)12-5-9(7-13)10(6-12)8-3-4-8/h2,8-10,13H,1,3-7H2/t9-,10-/m0/s1. The lowest BCUT2D eigenvalue weighted by atomic mass is 9.92. The summed E-state index contributed by atoms with van der Waals surface area (Å²) in [5, 5.41) is 9.22. The topological polar surface area (TPSA) is 40.5 Å². The van der Waals surface area contributed by atoms with E-state index in [1.807, 2.05) is 4.90 Å². The van der Waals surface area contributed by atoms with Crippen LogP contribution in [0.4, 0.5) is 0 Å². The van der Waals surface area contributed by atoms with Gasteiger partial charge in [0.25, 0.3) is 0 Å². The summed E-state index contributed by atoms with van der Waals surface area (Å²) in [5.74, 6) is 1.59. The van der Waals surface area contributed by atoms with Gasteiger partial charge in [-0.1, -0.05) is 6.58 Å². The van der Waals surface area contributed by atoms with E-state index in [1.165, 1.54) is 18.9 Å². The third-order valence-electron chi connectivity index (χ3n) is 3.44. The van der Waals surface area contributed by atoms with Crippen molar-refractivity contribution in [1.29, 1.82) is 0 Å². The van der Waals surface area contributed by atoms with Crippen LogP contribution in [0.25, 0.3) is 0 Å². The van der Waals surface area contributed by atoms with Gasteiger partial charge in [-0.2, -0.15) is 0 Å². The van der Waals surface area contributed by atoms with E-state index in [0.29, 0.717) is 18.4 Å². The Hall–Kier alpha value is -0.830. The lowest BCUT2D eigenvalue weighted by Gasteiger charge is -2.13. The fourth-order valence-electron chi connectivity index (χ4n) is 2.46. The predicted octanol–water partition coefficient (Wildman–Crippen LogP) is 0.649. The zero-order chi connectivity index (χ0) is 10.1. The van der Waals surface area contributed by atoms with Gasteiger partial charge in [-0.3, -0.25) is 4.79 Å². The maximum Gasteiger partial charge on any atom is 0.245 e. The molecule has 0 bridgehead atoms. The second kappa shape index (κ2) is 3.73. The summed E-state index contributed by atoms with van der Waals surface area (Å²) >= 11 is 0. The zero-order valence-electron chi connectivity index (χ0n) is 8.35. The summed E-state index contributed by atoms with van der Waals surface area (Å²) in [6, 6.07) is 0. The van der Waals surface area contributed by atoms with Gasteiger partial charge in [0.2, 0.25) is 5.91 Å². The summed E-state index contributed by atoms with van der Waals surface area (Å²) in [5.41, 5.74) is 0. The Morgan fingerprint density at radius 3 is 2.71 bits per heavy atom. The van der Waals surface area contributed by atoms with E-state index >= 15 is 0 Å². The van der Waals surface area contributed by atoms with E-state index in [2.05, 4.69) is 6.58 Å². The summed E-state index contributed by atoms with van der Waals surface area (Å²) in [4.78, 5) is 13.2. The number of carbonyl (C=O) groups excluding carboxylic acids is 1. The summed E-state index contributed by atoms with van der Waals surface area (Å²) in [6.07, 6.45) is 3.91. The average Bonchev–Trinajstić information content (AvgIpc) is 2.96. The van der Waals surface area contributed by atoms with Crippen LogP contribution in [0.15, 0.2) is 12.7 Å². The van der Waals surface area contributed by atoms with Crippen LogP contribution in [0.5, 0.6) is 0 Å². The van der Waals surface area contributed by atoms with Gasteiger partial charge in [0.1, 0.15) is 0 Å². The third kappa shape index (κ3) is 1.69. The van der Waals surface area contributed by atoms with Crippen molar-refractivity contribution in [3.05, 3.63) is 12.7 Å². The predicted molar refractivity (Wildman–Crippen MR) is 53.6 cm³/mol. The smallest absolute Gasteiger partial charge is 0.245 e. The van der Waals surface area contributed by atoms with Gasteiger partial charge in [0.05, 0.1) is 0 Å². The van der Waals surface area contributed by atoms with Crippen LogP contribution >= 0.6 is 0 Å².